The zero-order valence-corrected chi connectivity index (χ0v) is 8.75. The summed E-state index contributed by atoms with van der Waals surface area (Å²) in [6, 6.07) is 0. The Kier molecular flexibility index (Phi) is 114. The van der Waals surface area contributed by atoms with Crippen molar-refractivity contribution in [3.8, 4) is 0 Å². The van der Waals surface area contributed by atoms with Crippen molar-refractivity contribution in [3.05, 3.63) is 0 Å². The molecule has 0 spiro atoms. The van der Waals surface area contributed by atoms with Gasteiger partial charge in [0.15, 0.2) is 0 Å². The summed E-state index contributed by atoms with van der Waals surface area (Å²) in [6.45, 7) is 0. The molecule has 1 nitrogen and oxygen atoms in total. The summed E-state index contributed by atoms with van der Waals surface area (Å²) >= 11 is 0. The van der Waals surface area contributed by atoms with Crippen LogP contribution in [0.5, 0.6) is 0 Å². The Balaban J connectivity index is 0. The van der Waals surface area contributed by atoms with E-state index in [1.54, 1.807) is 0 Å². The van der Waals surface area contributed by atoms with Crippen LogP contribution in [0.3, 0.4) is 0 Å². The van der Waals surface area contributed by atoms with Crippen LogP contribution in [0.25, 0.3) is 0 Å². The Morgan fingerprint density at radius 1 is 1.00 bits per heavy atom. The molecule has 0 aliphatic carbocycles. The summed E-state index contributed by atoms with van der Waals surface area (Å²) in [7, 11) is 0. The predicted molar refractivity (Wildman–Crippen MR) is 11.8 cm³/mol. The van der Waals surface area contributed by atoms with E-state index in [-0.39, 0.29) is 97.5 Å². The van der Waals surface area contributed by atoms with E-state index in [0.29, 0.717) is 0 Å². The summed E-state index contributed by atoms with van der Waals surface area (Å²) in [5, 5.41) is 0. The third kappa shape index (κ3) is 8.91. The summed E-state index contributed by atoms with van der Waals surface area (Å²) in [5.74, 6) is 0. The molecule has 1 unspecified atom stereocenters. The number of hydrogen-bond donors (Lipinski definition) is 0. The molecule has 0 amide bonds. The first-order chi connectivity index (χ1) is 0. The van der Waals surface area contributed by atoms with Crippen LogP contribution >= 0.6 is 9.90 Å². The minimum absolute atomic E-state index is 0. The summed E-state index contributed by atoms with van der Waals surface area (Å²) in [4.78, 5) is 0. The average molecular weight is 291 g/mol. The first-order valence-corrected chi connectivity index (χ1v) is 0. The molecular formula is H3EuOPY+4. The van der Waals surface area contributed by atoms with Crippen molar-refractivity contribution in [1.82, 2.24) is 0 Å². The first-order valence-electron chi connectivity index (χ1n) is 0. The third-order valence-corrected chi connectivity index (χ3v) is 0. The Labute approximate surface area is 95.0 Å². The second-order valence-corrected chi connectivity index (χ2v) is 0. The minimum atomic E-state index is 0. The molecule has 0 saturated heterocycles. The normalized spacial score (nSPS) is 0. The van der Waals surface area contributed by atoms with E-state index in [0.717, 1.165) is 0 Å². The predicted octanol–water partition coefficient (Wildman–Crippen LogP) is -0.0632. The van der Waals surface area contributed by atoms with Gasteiger partial charge in [-0.1, -0.05) is 0 Å². The molecule has 20 valence electrons. The monoisotopic (exact) mass is 292 g/mol. The van der Waals surface area contributed by atoms with Crippen molar-refractivity contribution in [3.63, 3.8) is 0 Å². The molecule has 0 aromatic rings. The van der Waals surface area contributed by atoms with Gasteiger partial charge in [0.05, 0.1) is 0 Å². The minimum Gasteiger partial charge on any atom is -2.00 e. The number of hydrogen-bond acceptors (Lipinski definition) is 0. The quantitative estimate of drug-likeness (QED) is 0.559. The van der Waals surface area contributed by atoms with Gasteiger partial charge in [0, 0.05) is 0 Å². The van der Waals surface area contributed by atoms with E-state index < -0.39 is 0 Å². The summed E-state index contributed by atoms with van der Waals surface area (Å²) in [5.41, 5.74) is 0. The molecule has 0 N–H and O–H groups in total. The largest absolute Gasteiger partial charge is 3.00 e. The maximum Gasteiger partial charge on any atom is 3.00 e. The molecule has 0 heterocycles. The molecule has 0 aromatic heterocycles. The Bertz CT molecular complexity index is 8.00. The van der Waals surface area contributed by atoms with Gasteiger partial charge in [-0.15, -0.1) is 0 Å². The van der Waals surface area contributed by atoms with Gasteiger partial charge in [0.2, 0.25) is 0 Å². The van der Waals surface area contributed by atoms with Crippen LogP contribution in [0.4, 0.5) is 0 Å². The van der Waals surface area contributed by atoms with E-state index >= 15 is 0 Å². The second kappa shape index (κ2) is 16.5. The molecule has 0 radical (unpaired) electrons. The molecule has 0 bridgehead atoms. The van der Waals surface area contributed by atoms with Crippen molar-refractivity contribution in [1.29, 1.82) is 0 Å². The summed E-state index contributed by atoms with van der Waals surface area (Å²) in [6.07, 6.45) is 0. The van der Waals surface area contributed by atoms with Gasteiger partial charge >= 0.3 is 82.1 Å². The van der Waals surface area contributed by atoms with Crippen molar-refractivity contribution in [2.24, 2.45) is 0 Å². The molecular weight excluding hydrogens is 288 g/mol. The molecule has 0 saturated carbocycles. The van der Waals surface area contributed by atoms with E-state index in [4.69, 9.17) is 0 Å². The van der Waals surface area contributed by atoms with Crippen LogP contribution in [0, 0.1) is 49.4 Å². The van der Waals surface area contributed by atoms with Gasteiger partial charge in [0.25, 0.3) is 0 Å². The maximum absolute atomic E-state index is 0. The molecule has 0 aromatic carbocycles. The van der Waals surface area contributed by atoms with Gasteiger partial charge in [-0.3, -0.25) is 0 Å². The number of rotatable bonds is 0. The van der Waals surface area contributed by atoms with Crippen LogP contribution in [0.2, 0.25) is 0 Å². The zero-order valence-electron chi connectivity index (χ0n) is 2.07. The van der Waals surface area contributed by atoms with Crippen molar-refractivity contribution < 1.29 is 87.6 Å². The Hall–Kier alpha value is 3.08. The van der Waals surface area contributed by atoms with E-state index in [9.17, 15) is 0 Å². The molecule has 1 atom stereocenters. The molecule has 4 heavy (non-hydrogen) atoms. The molecule has 0 aliphatic heterocycles. The standard InChI is InChI=1S/Eu.O.H3P.Y/h;;1H3;/q+3;-2;;+3. The van der Waals surface area contributed by atoms with E-state index in [1.807, 2.05) is 0 Å². The van der Waals surface area contributed by atoms with Gasteiger partial charge < -0.3 is 5.48 Å². The van der Waals surface area contributed by atoms with Gasteiger partial charge in [-0.2, -0.15) is 9.90 Å². The Morgan fingerprint density at radius 2 is 1.00 bits per heavy atom. The fourth-order valence-electron chi connectivity index (χ4n) is 0. The van der Waals surface area contributed by atoms with Crippen LogP contribution in [0.1, 0.15) is 0 Å². The molecule has 0 fully saturated rings. The third-order valence-electron chi connectivity index (χ3n) is 0. The molecule has 0 aliphatic rings. The van der Waals surface area contributed by atoms with Crippen LogP contribution < -0.4 is 0 Å². The smallest absolute Gasteiger partial charge is 2.00 e. The van der Waals surface area contributed by atoms with Gasteiger partial charge in [-0.05, 0) is 0 Å². The molecule has 4 heteroatoms. The average Bonchev–Trinajstić information content (AvgIpc) is 0. The van der Waals surface area contributed by atoms with Crippen LogP contribution in [-0.2, 0) is 38.2 Å². The second-order valence-electron chi connectivity index (χ2n) is 0. The van der Waals surface area contributed by atoms with E-state index in [2.05, 4.69) is 0 Å². The van der Waals surface area contributed by atoms with Crippen molar-refractivity contribution in [2.45, 2.75) is 0 Å². The van der Waals surface area contributed by atoms with Crippen molar-refractivity contribution in [2.75, 3.05) is 0 Å². The summed E-state index contributed by atoms with van der Waals surface area (Å²) < 4.78 is 0. The maximum atomic E-state index is 0. The molecule has 0 rings (SSSR count). The van der Waals surface area contributed by atoms with Crippen LogP contribution in [0.15, 0.2) is 0 Å². The topological polar surface area (TPSA) is 28.5 Å². The Morgan fingerprint density at radius 3 is 1.00 bits per heavy atom. The van der Waals surface area contributed by atoms with E-state index in [1.165, 1.54) is 0 Å². The van der Waals surface area contributed by atoms with Crippen molar-refractivity contribution >= 4 is 9.90 Å². The SMILES string of the molecule is P.[Eu+3].[O-2].[Y+3]. The van der Waals surface area contributed by atoms with Gasteiger partial charge in [0.1, 0.15) is 0 Å². The fourth-order valence-corrected chi connectivity index (χ4v) is 0. The first kappa shape index (κ1) is 27.6. The zero-order chi connectivity index (χ0) is 0. The fraction of sp³-hybridized carbons (Fsp3) is 0. The van der Waals surface area contributed by atoms with Gasteiger partial charge in [-0.25, -0.2) is 0 Å². The van der Waals surface area contributed by atoms with Crippen LogP contribution in [-0.4, -0.2) is 0 Å².